The molecule has 1 aromatic carbocycles. The van der Waals surface area contributed by atoms with Crippen LogP contribution in [-0.4, -0.2) is 35.9 Å². The van der Waals surface area contributed by atoms with Crippen LogP contribution in [-0.2, 0) is 7.05 Å². The van der Waals surface area contributed by atoms with Gasteiger partial charge in [0.05, 0.1) is 11.3 Å². The van der Waals surface area contributed by atoms with E-state index in [1.807, 2.05) is 29.9 Å². The van der Waals surface area contributed by atoms with Gasteiger partial charge in [-0.05, 0) is 32.0 Å². The van der Waals surface area contributed by atoms with Crippen molar-refractivity contribution >= 4 is 28.9 Å². The highest BCUT2D eigenvalue weighted by Gasteiger charge is 2.20. The number of halogens is 1. The van der Waals surface area contributed by atoms with E-state index in [2.05, 4.69) is 15.2 Å². The number of rotatable bonds is 6. The Morgan fingerprint density at radius 3 is 2.76 bits per heavy atom. The molecule has 148 valence electrons. The molecule has 3 aromatic heterocycles. The second-order valence-corrected chi connectivity index (χ2v) is 8.31. The lowest BCUT2D eigenvalue weighted by molar-refractivity contribution is 0.102. The van der Waals surface area contributed by atoms with Crippen LogP contribution in [0.15, 0.2) is 47.1 Å². The number of nitrogens with zero attached hydrogens (tertiary/aromatic N) is 5. The molecule has 3 heterocycles. The fraction of sp³-hybridized carbons (Fsp3) is 0.200. The molecule has 0 aliphatic rings. The molecule has 0 saturated heterocycles. The molecule has 9 heteroatoms. The van der Waals surface area contributed by atoms with Crippen molar-refractivity contribution in [2.24, 2.45) is 7.05 Å². The molecule has 0 spiro atoms. The van der Waals surface area contributed by atoms with Gasteiger partial charge in [0.2, 0.25) is 0 Å². The zero-order valence-electron chi connectivity index (χ0n) is 16.1. The molecular formula is C20H18FN5OS2. The number of thiazole rings is 1. The highest BCUT2D eigenvalue weighted by atomic mass is 32.2. The molecule has 29 heavy (non-hydrogen) atoms. The number of hydrogen-bond acceptors (Lipinski definition) is 6. The minimum absolute atomic E-state index is 0.00125. The summed E-state index contributed by atoms with van der Waals surface area (Å²) in [6.45, 7) is 3.88. The minimum Gasteiger partial charge on any atom is -0.305 e. The van der Waals surface area contributed by atoms with E-state index in [9.17, 15) is 9.18 Å². The van der Waals surface area contributed by atoms with E-state index >= 15 is 0 Å². The first-order valence-corrected chi connectivity index (χ1v) is 10.7. The molecule has 0 atom stereocenters. The normalized spacial score (nSPS) is 11.2. The molecular weight excluding hydrogens is 409 g/mol. The summed E-state index contributed by atoms with van der Waals surface area (Å²) in [5, 5.41) is 11.5. The topological polar surface area (TPSA) is 65.6 Å². The van der Waals surface area contributed by atoms with Gasteiger partial charge in [0, 0.05) is 35.6 Å². The van der Waals surface area contributed by atoms with E-state index in [4.69, 9.17) is 0 Å². The summed E-state index contributed by atoms with van der Waals surface area (Å²) in [5.74, 6) is 0.289. The zero-order valence-corrected chi connectivity index (χ0v) is 17.7. The van der Waals surface area contributed by atoms with Crippen LogP contribution in [0.3, 0.4) is 0 Å². The zero-order chi connectivity index (χ0) is 20.5. The van der Waals surface area contributed by atoms with Crippen LogP contribution in [0, 0.1) is 19.7 Å². The maximum atomic E-state index is 14.1. The second kappa shape index (κ2) is 7.92. The fourth-order valence-corrected chi connectivity index (χ4v) is 4.74. The quantitative estimate of drug-likeness (QED) is 0.336. The summed E-state index contributed by atoms with van der Waals surface area (Å²) in [6.07, 6.45) is 1.75. The number of ketones is 1. The van der Waals surface area contributed by atoms with Gasteiger partial charge in [0.1, 0.15) is 5.82 Å². The predicted molar refractivity (Wildman–Crippen MR) is 112 cm³/mol. The van der Waals surface area contributed by atoms with Crippen LogP contribution in [0.1, 0.15) is 21.7 Å². The molecule has 0 saturated carbocycles. The van der Waals surface area contributed by atoms with Crippen molar-refractivity contribution in [1.29, 1.82) is 0 Å². The van der Waals surface area contributed by atoms with Gasteiger partial charge in [0.25, 0.3) is 0 Å². The van der Waals surface area contributed by atoms with Gasteiger partial charge < -0.3 is 4.57 Å². The fourth-order valence-electron chi connectivity index (χ4n) is 3.19. The van der Waals surface area contributed by atoms with Gasteiger partial charge >= 0.3 is 0 Å². The maximum Gasteiger partial charge on any atom is 0.193 e. The molecule has 0 amide bonds. The number of Topliss-reactive ketones (excluding diaryl/α,β-unsaturated/α-hetero) is 1. The molecule has 0 aliphatic heterocycles. The van der Waals surface area contributed by atoms with E-state index in [-0.39, 0.29) is 17.4 Å². The van der Waals surface area contributed by atoms with E-state index in [0.717, 1.165) is 16.5 Å². The third kappa shape index (κ3) is 3.63. The standard InChI is InChI=1S/C20H18FN5OS2/c1-12-10-15(13(2)26(12)19-22-8-9-28-19)17(27)11-29-20-24-23-18(25(20)3)14-6-4-5-7-16(14)21/h4-10H,11H2,1-3H3. The van der Waals surface area contributed by atoms with E-state index in [1.165, 1.54) is 29.2 Å². The van der Waals surface area contributed by atoms with Crippen molar-refractivity contribution in [2.45, 2.75) is 19.0 Å². The Labute approximate surface area is 175 Å². The first-order valence-electron chi connectivity index (χ1n) is 8.86. The highest BCUT2D eigenvalue weighted by Crippen LogP contribution is 2.27. The van der Waals surface area contributed by atoms with Crippen molar-refractivity contribution < 1.29 is 9.18 Å². The Kier molecular flexibility index (Phi) is 5.33. The molecule has 0 unspecified atom stereocenters. The Balaban J connectivity index is 1.53. The molecule has 0 aliphatic carbocycles. The lowest BCUT2D eigenvalue weighted by Crippen LogP contribution is -2.06. The number of carbonyl (C=O) groups excluding carboxylic acids is 1. The Morgan fingerprint density at radius 1 is 1.24 bits per heavy atom. The van der Waals surface area contributed by atoms with Crippen molar-refractivity contribution in [2.75, 3.05) is 5.75 Å². The van der Waals surface area contributed by atoms with Gasteiger partial charge in [-0.3, -0.25) is 9.36 Å². The SMILES string of the molecule is Cc1cc(C(=O)CSc2nnc(-c3ccccc3F)n2C)c(C)n1-c1nccs1. The van der Waals surface area contributed by atoms with Gasteiger partial charge in [-0.15, -0.1) is 21.5 Å². The number of thioether (sulfide) groups is 1. The number of aryl methyl sites for hydroxylation is 1. The minimum atomic E-state index is -0.356. The van der Waals surface area contributed by atoms with E-state index in [1.54, 1.807) is 36.0 Å². The lowest BCUT2D eigenvalue weighted by Gasteiger charge is -2.06. The average molecular weight is 428 g/mol. The lowest BCUT2D eigenvalue weighted by atomic mass is 10.2. The summed E-state index contributed by atoms with van der Waals surface area (Å²) in [7, 11) is 1.77. The van der Waals surface area contributed by atoms with Crippen LogP contribution < -0.4 is 0 Å². The summed E-state index contributed by atoms with van der Waals surface area (Å²) in [4.78, 5) is 17.2. The summed E-state index contributed by atoms with van der Waals surface area (Å²) >= 11 is 2.81. The van der Waals surface area contributed by atoms with E-state index < -0.39 is 0 Å². The van der Waals surface area contributed by atoms with Gasteiger partial charge in [-0.1, -0.05) is 23.9 Å². The van der Waals surface area contributed by atoms with Crippen LogP contribution >= 0.6 is 23.1 Å². The molecule has 4 rings (SSSR count). The molecule has 0 radical (unpaired) electrons. The first-order chi connectivity index (χ1) is 14.0. The molecule has 0 bridgehead atoms. The summed E-state index contributed by atoms with van der Waals surface area (Å²) in [5.41, 5.74) is 2.88. The van der Waals surface area contributed by atoms with Crippen LogP contribution in [0.2, 0.25) is 0 Å². The van der Waals surface area contributed by atoms with Crippen molar-refractivity contribution in [3.8, 4) is 16.5 Å². The molecule has 0 N–H and O–H groups in total. The maximum absolute atomic E-state index is 14.1. The third-order valence-electron chi connectivity index (χ3n) is 4.62. The highest BCUT2D eigenvalue weighted by molar-refractivity contribution is 7.99. The van der Waals surface area contributed by atoms with Gasteiger partial charge in [-0.25, -0.2) is 9.37 Å². The third-order valence-corrected chi connectivity index (χ3v) is 6.40. The summed E-state index contributed by atoms with van der Waals surface area (Å²) < 4.78 is 17.7. The second-order valence-electron chi connectivity index (χ2n) is 6.49. The Hall–Kier alpha value is -2.78. The van der Waals surface area contributed by atoms with Crippen LogP contribution in [0.25, 0.3) is 16.5 Å². The number of carbonyl (C=O) groups is 1. The smallest absolute Gasteiger partial charge is 0.193 e. The van der Waals surface area contributed by atoms with Gasteiger partial charge in [0.15, 0.2) is 21.9 Å². The van der Waals surface area contributed by atoms with Crippen molar-refractivity contribution in [3.05, 3.63) is 64.7 Å². The number of aromatic nitrogens is 5. The van der Waals surface area contributed by atoms with Crippen molar-refractivity contribution in [1.82, 2.24) is 24.3 Å². The monoisotopic (exact) mass is 427 g/mol. The molecule has 0 fully saturated rings. The van der Waals surface area contributed by atoms with Crippen LogP contribution in [0.5, 0.6) is 0 Å². The number of benzene rings is 1. The molecule has 4 aromatic rings. The Bertz CT molecular complexity index is 1180. The Morgan fingerprint density at radius 2 is 2.03 bits per heavy atom. The largest absolute Gasteiger partial charge is 0.305 e. The average Bonchev–Trinajstić information content (AvgIpc) is 3.41. The van der Waals surface area contributed by atoms with Crippen molar-refractivity contribution in [3.63, 3.8) is 0 Å². The van der Waals surface area contributed by atoms with Crippen LogP contribution in [0.4, 0.5) is 4.39 Å². The predicted octanol–water partition coefficient (Wildman–Crippen LogP) is 4.46. The van der Waals surface area contributed by atoms with Gasteiger partial charge in [-0.2, -0.15) is 0 Å². The number of hydrogen-bond donors (Lipinski definition) is 0. The van der Waals surface area contributed by atoms with E-state index in [0.29, 0.717) is 22.1 Å². The molecule has 6 nitrogen and oxygen atoms in total. The first kappa shape index (κ1) is 19.5. The summed E-state index contributed by atoms with van der Waals surface area (Å²) in [6, 6.07) is 8.32.